The average molecular weight is 546 g/mol. The molecule has 0 amide bonds. The van der Waals surface area contributed by atoms with Gasteiger partial charge in [0.25, 0.3) is 5.88 Å². The van der Waals surface area contributed by atoms with E-state index in [0.29, 0.717) is 6.61 Å². The second-order valence-corrected chi connectivity index (χ2v) is 7.88. The number of aliphatic carboxylic acids is 2. The summed E-state index contributed by atoms with van der Waals surface area (Å²) in [6.07, 6.45) is -5.47. The van der Waals surface area contributed by atoms with Crippen LogP contribution in [0.15, 0.2) is 41.1 Å². The molecule has 37 heavy (non-hydrogen) atoms. The van der Waals surface area contributed by atoms with Crippen LogP contribution in [0.5, 0.6) is 5.88 Å². The predicted octanol–water partition coefficient (Wildman–Crippen LogP) is 3.89. The minimum absolute atomic E-state index is 0.0566. The highest BCUT2D eigenvalue weighted by molar-refractivity contribution is 5.73. The lowest BCUT2D eigenvalue weighted by Gasteiger charge is -2.52. The molecule has 0 saturated carbocycles. The molecule has 16 heteroatoms. The topological polar surface area (TPSA) is 122 Å². The number of carbonyl (C=O) groups is 2. The Labute approximate surface area is 204 Å². The lowest BCUT2D eigenvalue weighted by Crippen LogP contribution is -2.65. The largest absolute Gasteiger partial charge is 0.490 e. The number of carboxylic acids is 2. The Morgan fingerprint density at radius 3 is 2.16 bits per heavy atom. The Balaban J connectivity index is 0.000000286. The molecule has 0 aliphatic carbocycles. The van der Waals surface area contributed by atoms with Crippen molar-refractivity contribution in [3.63, 3.8) is 0 Å². The molecule has 1 spiro atoms. The van der Waals surface area contributed by atoms with Crippen LogP contribution in [0.1, 0.15) is 18.6 Å². The van der Waals surface area contributed by atoms with E-state index in [2.05, 4.69) is 9.88 Å². The fraction of sp³-hybridized carbons (Fsp3) is 0.476. The Morgan fingerprint density at radius 2 is 1.68 bits per heavy atom. The first kappa shape index (κ1) is 29.8. The maximum atomic E-state index is 13.7. The number of carboxylic acid groups (broad SMARTS) is 2. The van der Waals surface area contributed by atoms with Gasteiger partial charge in [0.15, 0.2) is 5.82 Å². The maximum absolute atomic E-state index is 13.7. The molecule has 0 radical (unpaired) electrons. The summed E-state index contributed by atoms with van der Waals surface area (Å²) < 4.78 is 94.3. The number of aromatic nitrogens is 1. The number of hydrogen-bond acceptors (Lipinski definition) is 7. The van der Waals surface area contributed by atoms with Crippen LogP contribution in [-0.2, 0) is 20.9 Å². The van der Waals surface area contributed by atoms with Crippen molar-refractivity contribution in [3.8, 4) is 5.88 Å². The van der Waals surface area contributed by atoms with Crippen LogP contribution < -0.4 is 4.74 Å². The molecule has 1 unspecified atom stereocenters. The van der Waals surface area contributed by atoms with Crippen LogP contribution in [0, 0.1) is 5.82 Å². The molecule has 0 aromatic carbocycles. The van der Waals surface area contributed by atoms with Gasteiger partial charge in [-0.15, -0.1) is 0 Å². The Hall–Kier alpha value is -3.40. The summed E-state index contributed by atoms with van der Waals surface area (Å²) >= 11 is 0. The lowest BCUT2D eigenvalue weighted by molar-refractivity contribution is -0.193. The molecule has 9 nitrogen and oxygen atoms in total. The summed E-state index contributed by atoms with van der Waals surface area (Å²) in [6.45, 7) is 3.11. The lowest BCUT2D eigenvalue weighted by atomic mass is 9.84. The molecule has 2 fully saturated rings. The maximum Gasteiger partial charge on any atom is 0.490 e. The van der Waals surface area contributed by atoms with Crippen LogP contribution in [-0.4, -0.2) is 75.8 Å². The van der Waals surface area contributed by atoms with Crippen molar-refractivity contribution in [1.29, 1.82) is 0 Å². The highest BCUT2D eigenvalue weighted by Crippen LogP contribution is 2.36. The van der Waals surface area contributed by atoms with Crippen LogP contribution in [0.2, 0.25) is 0 Å². The summed E-state index contributed by atoms with van der Waals surface area (Å²) in [5.74, 6) is -4.89. The van der Waals surface area contributed by atoms with Crippen molar-refractivity contribution >= 4 is 11.9 Å². The summed E-state index contributed by atoms with van der Waals surface area (Å²) in [5.41, 5.74) is -0.180. The number of alkyl halides is 6. The molecule has 2 aliphatic heterocycles. The Bertz CT molecular complexity index is 999. The molecule has 1 atom stereocenters. The van der Waals surface area contributed by atoms with E-state index in [1.165, 1.54) is 6.07 Å². The number of ether oxygens (including phenoxy) is 2. The van der Waals surface area contributed by atoms with Gasteiger partial charge in [0.05, 0.1) is 25.0 Å². The van der Waals surface area contributed by atoms with Gasteiger partial charge in [0, 0.05) is 32.1 Å². The van der Waals surface area contributed by atoms with Crippen molar-refractivity contribution in [1.82, 2.24) is 9.88 Å². The fourth-order valence-electron chi connectivity index (χ4n) is 3.42. The number of pyridine rings is 1. The Kier molecular flexibility index (Phi) is 9.86. The second kappa shape index (κ2) is 12.2. The first-order valence-corrected chi connectivity index (χ1v) is 10.4. The monoisotopic (exact) mass is 546 g/mol. The van der Waals surface area contributed by atoms with Gasteiger partial charge in [0.2, 0.25) is 0 Å². The van der Waals surface area contributed by atoms with Crippen molar-refractivity contribution in [3.05, 3.63) is 48.3 Å². The third kappa shape index (κ3) is 9.53. The molecular weight excluding hydrogens is 525 g/mol. The predicted molar refractivity (Wildman–Crippen MR) is 108 cm³/mol. The molecule has 2 aromatic rings. The van der Waals surface area contributed by atoms with Gasteiger partial charge in [-0.1, -0.05) is 0 Å². The molecule has 206 valence electrons. The average Bonchev–Trinajstić information content (AvgIpc) is 3.27. The molecule has 2 N–H and O–H groups in total. The zero-order valence-electron chi connectivity index (χ0n) is 18.8. The molecular formula is C21H21F7N2O7. The van der Waals surface area contributed by atoms with E-state index in [1.807, 2.05) is 12.1 Å². The number of likely N-dealkylation sites (tertiary alicyclic amines) is 1. The Morgan fingerprint density at radius 1 is 1.08 bits per heavy atom. The molecule has 0 bridgehead atoms. The van der Waals surface area contributed by atoms with Crippen LogP contribution in [0.3, 0.4) is 0 Å². The molecule has 2 aliphatic rings. The van der Waals surface area contributed by atoms with E-state index in [-0.39, 0.29) is 17.6 Å². The molecule has 4 heterocycles. The minimum Gasteiger partial charge on any atom is -0.475 e. The number of rotatable bonds is 4. The van der Waals surface area contributed by atoms with Crippen molar-refractivity contribution in [2.24, 2.45) is 0 Å². The molecule has 2 saturated heterocycles. The van der Waals surface area contributed by atoms with E-state index in [0.717, 1.165) is 38.2 Å². The van der Waals surface area contributed by atoms with Gasteiger partial charge < -0.3 is 24.1 Å². The first-order valence-electron chi connectivity index (χ1n) is 10.4. The SMILES string of the molecule is Fc1cccnc1OC1CCOC2(C1)CN(Cc1ccco1)C2.O=C(O)C(F)(F)F.O=C(O)C(F)(F)F. The van der Waals surface area contributed by atoms with E-state index in [9.17, 15) is 30.7 Å². The summed E-state index contributed by atoms with van der Waals surface area (Å²) in [7, 11) is 0. The summed E-state index contributed by atoms with van der Waals surface area (Å²) in [6, 6.07) is 6.80. The van der Waals surface area contributed by atoms with Crippen LogP contribution in [0.4, 0.5) is 30.7 Å². The molecule has 2 aromatic heterocycles. The van der Waals surface area contributed by atoms with Crippen molar-refractivity contribution in [2.75, 3.05) is 19.7 Å². The van der Waals surface area contributed by atoms with Crippen molar-refractivity contribution < 1.29 is 64.4 Å². The summed E-state index contributed by atoms with van der Waals surface area (Å²) in [4.78, 5) is 24.0. The third-order valence-electron chi connectivity index (χ3n) is 4.92. The minimum atomic E-state index is -5.08. The highest BCUT2D eigenvalue weighted by atomic mass is 19.4. The van der Waals surface area contributed by atoms with Gasteiger partial charge >= 0.3 is 24.3 Å². The number of furan rings is 1. The van der Waals surface area contributed by atoms with Crippen LogP contribution in [0.25, 0.3) is 0 Å². The van der Waals surface area contributed by atoms with Gasteiger partial charge in [0.1, 0.15) is 11.9 Å². The van der Waals surface area contributed by atoms with E-state index >= 15 is 0 Å². The van der Waals surface area contributed by atoms with Gasteiger partial charge in [-0.2, -0.15) is 26.3 Å². The second-order valence-electron chi connectivity index (χ2n) is 7.88. The zero-order valence-corrected chi connectivity index (χ0v) is 18.8. The normalized spacial score (nSPS) is 18.9. The highest BCUT2D eigenvalue weighted by Gasteiger charge is 2.48. The van der Waals surface area contributed by atoms with E-state index in [1.54, 1.807) is 18.5 Å². The van der Waals surface area contributed by atoms with Crippen molar-refractivity contribution in [2.45, 2.75) is 43.4 Å². The van der Waals surface area contributed by atoms with E-state index < -0.39 is 30.1 Å². The number of halogens is 7. The quantitative estimate of drug-likeness (QED) is 0.550. The van der Waals surface area contributed by atoms with Gasteiger partial charge in [-0.3, -0.25) is 4.90 Å². The number of nitrogens with zero attached hydrogens (tertiary/aromatic N) is 2. The number of hydrogen-bond donors (Lipinski definition) is 2. The third-order valence-corrected chi connectivity index (χ3v) is 4.92. The fourth-order valence-corrected chi connectivity index (χ4v) is 3.42. The zero-order chi connectivity index (χ0) is 27.9. The van der Waals surface area contributed by atoms with Crippen LogP contribution >= 0.6 is 0 Å². The first-order chi connectivity index (χ1) is 17.1. The standard InChI is InChI=1S/C17H19FN2O3.2C2HF3O2/c18-15-4-1-6-19-16(15)23-13-5-8-22-17(9-13)11-20(12-17)10-14-3-2-7-21-14;2*3-2(4,5)1(6)7/h1-4,6-7,13H,5,8-12H2;2*(H,6,7). The smallest absolute Gasteiger partial charge is 0.475 e. The van der Waals surface area contributed by atoms with Gasteiger partial charge in [-0.25, -0.2) is 19.0 Å². The summed E-state index contributed by atoms with van der Waals surface area (Å²) in [5, 5.41) is 14.2. The molecule has 4 rings (SSSR count). The van der Waals surface area contributed by atoms with E-state index in [4.69, 9.17) is 33.7 Å². The van der Waals surface area contributed by atoms with Gasteiger partial charge in [-0.05, 0) is 24.3 Å².